The van der Waals surface area contributed by atoms with E-state index in [9.17, 15) is 19.8 Å². The van der Waals surface area contributed by atoms with E-state index in [4.69, 9.17) is 9.47 Å². The average molecular weight is 637 g/mol. The Balaban J connectivity index is 0.914. The topological polar surface area (TPSA) is 117 Å². The highest BCUT2D eigenvalue weighted by Crippen LogP contribution is 2.71. The largest absolute Gasteiger partial charge is 0.504 e. The van der Waals surface area contributed by atoms with Gasteiger partial charge in [0.1, 0.15) is 6.42 Å². The summed E-state index contributed by atoms with van der Waals surface area (Å²) in [5, 5.41) is 25.2. The van der Waals surface area contributed by atoms with Crippen LogP contribution in [0.2, 0.25) is 0 Å². The zero-order chi connectivity index (χ0) is 32.4. The Labute approximate surface area is 274 Å². The van der Waals surface area contributed by atoms with E-state index in [1.54, 1.807) is 6.07 Å². The first-order valence-electron chi connectivity index (χ1n) is 18.3. The first-order valence-corrected chi connectivity index (χ1v) is 18.3. The molecule has 6 fully saturated rings. The number of phenolic OH excluding ortho intramolecular Hbond substituents is 2. The Morgan fingerprint density at radius 2 is 1.72 bits per heavy atom. The van der Waals surface area contributed by atoms with Crippen LogP contribution in [0.25, 0.3) is 0 Å². The number of rotatable bonds is 6. The van der Waals surface area contributed by atoms with Crippen molar-refractivity contribution in [3.05, 3.63) is 23.8 Å². The van der Waals surface area contributed by atoms with Crippen molar-refractivity contribution in [3.8, 4) is 11.5 Å². The minimum atomic E-state index is -0.349. The minimum absolute atomic E-state index is 0.137. The van der Waals surface area contributed by atoms with Gasteiger partial charge in [-0.3, -0.25) is 9.59 Å². The van der Waals surface area contributed by atoms with Gasteiger partial charge in [0.05, 0.1) is 12.7 Å². The lowest BCUT2D eigenvalue weighted by Gasteiger charge is -2.61. The molecule has 4 aliphatic carbocycles. The van der Waals surface area contributed by atoms with Gasteiger partial charge in [-0.25, -0.2) is 0 Å². The SMILES string of the molecule is C[C@@H]1CC[C@@]2(OC1)O[C@H]1C[C@H]3[C@@H]4CC[C@@H]5C[C@@H](NC(=O)CC(=O)NCCc6ccc(O)c(O)c6)CC[C@]5(C)[C@H]4CC[C@]3(C)[C@H]1[C@@H]2C. The molecular formula is C38H56N2O6. The highest BCUT2D eigenvalue weighted by atomic mass is 16.7. The summed E-state index contributed by atoms with van der Waals surface area (Å²) < 4.78 is 13.5. The Hall–Kier alpha value is -2.32. The fourth-order valence-electron chi connectivity index (χ4n) is 12.0. The van der Waals surface area contributed by atoms with Crippen LogP contribution in [0.4, 0.5) is 0 Å². The monoisotopic (exact) mass is 636 g/mol. The van der Waals surface area contributed by atoms with Gasteiger partial charge < -0.3 is 30.3 Å². The molecule has 4 N–H and O–H groups in total. The van der Waals surface area contributed by atoms with Gasteiger partial charge in [-0.15, -0.1) is 0 Å². The van der Waals surface area contributed by atoms with Crippen molar-refractivity contribution in [1.29, 1.82) is 0 Å². The number of hydrogen-bond donors (Lipinski definition) is 4. The molecule has 46 heavy (non-hydrogen) atoms. The second-order valence-electron chi connectivity index (χ2n) is 16.8. The molecule has 1 spiro atoms. The molecule has 0 aromatic heterocycles. The molecule has 1 aromatic rings. The van der Waals surface area contributed by atoms with Crippen LogP contribution in [0.3, 0.4) is 0 Å². The van der Waals surface area contributed by atoms with Crippen LogP contribution in [-0.4, -0.2) is 53.1 Å². The number of carbonyl (C=O) groups is 2. The number of hydrogen-bond acceptors (Lipinski definition) is 6. The Morgan fingerprint density at radius 3 is 2.48 bits per heavy atom. The lowest BCUT2D eigenvalue weighted by Crippen LogP contribution is -2.56. The van der Waals surface area contributed by atoms with Gasteiger partial charge in [-0.05, 0) is 128 Å². The Bertz CT molecular complexity index is 1330. The standard InChI is InChI=1S/C38H56N2O6/c1-22-9-15-38(45-21-22)23(2)35-32(46-38)19-29-27-7-6-25-18-26(10-13-36(25,3)28(27)11-14-37(29,35)4)40-34(44)20-33(43)39-16-12-24-5-8-30(41)31(42)17-24/h5,8,17,22-23,25-29,32,35,41-42H,6-7,9-16,18-21H2,1-4H3,(H,39,43)(H,40,44)/t22-,23+,25-,26+,27-,28+,29+,32+,35+,36+,37+,38-/m1/s1. The first kappa shape index (κ1) is 32.2. The molecule has 8 heteroatoms. The summed E-state index contributed by atoms with van der Waals surface area (Å²) in [6.07, 6.45) is 12.4. The summed E-state index contributed by atoms with van der Waals surface area (Å²) in [5.74, 6) is 3.37. The third-order valence-corrected chi connectivity index (χ3v) is 14.4. The summed E-state index contributed by atoms with van der Waals surface area (Å²) in [7, 11) is 0. The van der Waals surface area contributed by atoms with Crippen LogP contribution in [0, 0.1) is 52.3 Å². The molecule has 7 rings (SSSR count). The van der Waals surface area contributed by atoms with Crippen molar-refractivity contribution in [2.45, 2.75) is 123 Å². The normalized spacial score (nSPS) is 44.5. The molecule has 2 aliphatic heterocycles. The predicted molar refractivity (Wildman–Crippen MR) is 175 cm³/mol. The van der Waals surface area contributed by atoms with Gasteiger partial charge in [-0.2, -0.15) is 0 Å². The summed E-state index contributed by atoms with van der Waals surface area (Å²) in [5.41, 5.74) is 1.46. The second kappa shape index (κ2) is 12.0. The third-order valence-electron chi connectivity index (χ3n) is 14.4. The molecule has 12 atom stereocenters. The number of nitrogens with one attached hydrogen (secondary N) is 2. The van der Waals surface area contributed by atoms with E-state index in [0.29, 0.717) is 53.6 Å². The van der Waals surface area contributed by atoms with Crippen molar-refractivity contribution >= 4 is 11.8 Å². The van der Waals surface area contributed by atoms with Crippen LogP contribution in [0.5, 0.6) is 11.5 Å². The fraction of sp³-hybridized carbons (Fsp3) is 0.789. The van der Waals surface area contributed by atoms with Crippen molar-refractivity contribution in [2.24, 2.45) is 52.3 Å². The maximum Gasteiger partial charge on any atom is 0.229 e. The zero-order valence-corrected chi connectivity index (χ0v) is 28.4. The van der Waals surface area contributed by atoms with E-state index in [1.165, 1.54) is 50.7 Å². The molecule has 0 bridgehead atoms. The van der Waals surface area contributed by atoms with Gasteiger partial charge in [0, 0.05) is 24.9 Å². The Kier molecular flexibility index (Phi) is 8.39. The number of carbonyl (C=O) groups excluding carboxylic acids is 2. The summed E-state index contributed by atoms with van der Waals surface area (Å²) in [6, 6.07) is 4.76. The number of benzene rings is 1. The predicted octanol–water partition coefficient (Wildman–Crippen LogP) is 6.08. The van der Waals surface area contributed by atoms with Gasteiger partial charge in [0.2, 0.25) is 11.8 Å². The molecule has 6 aliphatic rings. The molecule has 0 radical (unpaired) electrons. The molecule has 2 amide bonds. The highest BCUT2D eigenvalue weighted by molar-refractivity contribution is 5.96. The molecular weight excluding hydrogens is 580 g/mol. The van der Waals surface area contributed by atoms with Crippen LogP contribution in [-0.2, 0) is 25.5 Å². The quantitative estimate of drug-likeness (QED) is 0.222. The Morgan fingerprint density at radius 1 is 0.913 bits per heavy atom. The lowest BCUT2D eigenvalue weighted by molar-refractivity contribution is -0.273. The van der Waals surface area contributed by atoms with Crippen molar-refractivity contribution in [3.63, 3.8) is 0 Å². The number of amides is 2. The van der Waals surface area contributed by atoms with Crippen molar-refractivity contribution in [2.75, 3.05) is 13.2 Å². The molecule has 2 heterocycles. The van der Waals surface area contributed by atoms with Crippen LogP contribution in [0.15, 0.2) is 18.2 Å². The van der Waals surface area contributed by atoms with Crippen LogP contribution in [0.1, 0.15) is 104 Å². The minimum Gasteiger partial charge on any atom is -0.504 e. The van der Waals surface area contributed by atoms with E-state index in [2.05, 4.69) is 38.3 Å². The van der Waals surface area contributed by atoms with E-state index in [0.717, 1.165) is 55.6 Å². The molecule has 254 valence electrons. The highest BCUT2D eigenvalue weighted by Gasteiger charge is 2.69. The van der Waals surface area contributed by atoms with E-state index in [-0.39, 0.29) is 41.6 Å². The summed E-state index contributed by atoms with van der Waals surface area (Å²) in [6.45, 7) is 11.1. The zero-order valence-electron chi connectivity index (χ0n) is 28.4. The summed E-state index contributed by atoms with van der Waals surface area (Å²) >= 11 is 0. The van der Waals surface area contributed by atoms with E-state index < -0.39 is 0 Å². The number of fused-ring (bicyclic) bond motifs is 7. The van der Waals surface area contributed by atoms with Crippen LogP contribution >= 0.6 is 0 Å². The average Bonchev–Trinajstić information content (AvgIpc) is 3.46. The van der Waals surface area contributed by atoms with E-state index in [1.807, 2.05) is 0 Å². The van der Waals surface area contributed by atoms with Crippen LogP contribution < -0.4 is 10.6 Å². The maximum atomic E-state index is 12.9. The molecule has 1 aromatic carbocycles. The molecule has 2 saturated heterocycles. The lowest BCUT2D eigenvalue weighted by atomic mass is 9.44. The second-order valence-corrected chi connectivity index (χ2v) is 16.8. The van der Waals surface area contributed by atoms with Gasteiger partial charge in [-0.1, -0.05) is 33.8 Å². The number of aromatic hydroxyl groups is 2. The number of ether oxygens (including phenoxy) is 2. The number of phenols is 2. The summed E-state index contributed by atoms with van der Waals surface area (Å²) in [4.78, 5) is 25.3. The third kappa shape index (κ3) is 5.43. The smallest absolute Gasteiger partial charge is 0.229 e. The van der Waals surface area contributed by atoms with Crippen molar-refractivity contribution < 1.29 is 29.3 Å². The van der Waals surface area contributed by atoms with Gasteiger partial charge in [0.15, 0.2) is 17.3 Å². The fourth-order valence-corrected chi connectivity index (χ4v) is 12.0. The molecule has 4 saturated carbocycles. The first-order chi connectivity index (χ1) is 21.9. The van der Waals surface area contributed by atoms with Gasteiger partial charge >= 0.3 is 0 Å². The van der Waals surface area contributed by atoms with E-state index >= 15 is 0 Å². The van der Waals surface area contributed by atoms with Gasteiger partial charge in [0.25, 0.3) is 0 Å². The molecule has 8 nitrogen and oxygen atoms in total. The van der Waals surface area contributed by atoms with Crippen molar-refractivity contribution in [1.82, 2.24) is 10.6 Å². The maximum absolute atomic E-state index is 12.9. The molecule has 0 unspecified atom stereocenters.